The van der Waals surface area contributed by atoms with E-state index in [0.717, 1.165) is 4.90 Å². The average Bonchev–Trinajstić information content (AvgIpc) is 2.74. The number of benzene rings is 2. The van der Waals surface area contributed by atoms with Crippen molar-refractivity contribution in [1.29, 1.82) is 0 Å². The Hall–Kier alpha value is -2.66. The molecule has 3 amide bonds. The van der Waals surface area contributed by atoms with Gasteiger partial charge in [-0.3, -0.25) is 9.59 Å². The summed E-state index contributed by atoms with van der Waals surface area (Å²) in [4.78, 5) is 36.9. The largest absolute Gasteiger partial charge is 0.333 e. The van der Waals surface area contributed by atoms with Crippen LogP contribution in [0.3, 0.4) is 0 Å². The molecule has 2 aromatic carbocycles. The number of imide groups is 1. The lowest BCUT2D eigenvalue weighted by Gasteiger charge is -2.16. The molecule has 0 saturated heterocycles. The average molecular weight is 301 g/mol. The lowest BCUT2D eigenvalue weighted by molar-refractivity contribution is -0.113. The molecule has 2 aromatic rings. The minimum Gasteiger partial charge on any atom is -0.306 e. The molecule has 0 saturated carbocycles. The standard InChI is InChI=1S/C15H9ClN2O3/c16-10-6-2-3-7-11(10)17-15(21)18-12-8-4-1-5-9(12)13(19)14(18)20/h1-8H,(H,17,21). The molecule has 0 aromatic heterocycles. The van der Waals surface area contributed by atoms with Crippen molar-refractivity contribution in [1.82, 2.24) is 0 Å². The van der Waals surface area contributed by atoms with E-state index in [1.807, 2.05) is 0 Å². The van der Waals surface area contributed by atoms with Gasteiger partial charge in [-0.05, 0) is 24.3 Å². The number of nitrogens with one attached hydrogen (secondary N) is 1. The molecule has 0 aliphatic carbocycles. The number of hydrogen-bond donors (Lipinski definition) is 1. The Kier molecular flexibility index (Phi) is 3.19. The van der Waals surface area contributed by atoms with Gasteiger partial charge in [0.05, 0.1) is 22.0 Å². The number of nitrogens with zero attached hydrogens (tertiary/aromatic N) is 1. The summed E-state index contributed by atoms with van der Waals surface area (Å²) in [6.45, 7) is 0. The number of rotatable bonds is 1. The highest BCUT2D eigenvalue weighted by molar-refractivity contribution is 6.56. The predicted octanol–water partition coefficient (Wildman–Crippen LogP) is 3.10. The van der Waals surface area contributed by atoms with Gasteiger partial charge in [0, 0.05) is 0 Å². The number of carbonyl (C=O) groups excluding carboxylic acids is 3. The Morgan fingerprint density at radius 2 is 1.67 bits per heavy atom. The van der Waals surface area contributed by atoms with Crippen LogP contribution in [0.1, 0.15) is 10.4 Å². The Labute approximate surface area is 125 Å². The smallest absolute Gasteiger partial charge is 0.306 e. The predicted molar refractivity (Wildman–Crippen MR) is 78.7 cm³/mol. The second-order valence-electron chi connectivity index (χ2n) is 4.40. The summed E-state index contributed by atoms with van der Waals surface area (Å²) in [5.41, 5.74) is 0.864. The number of para-hydroxylation sites is 2. The van der Waals surface area contributed by atoms with E-state index < -0.39 is 17.7 Å². The molecule has 0 unspecified atom stereocenters. The zero-order valence-electron chi connectivity index (χ0n) is 10.7. The third-order valence-electron chi connectivity index (χ3n) is 3.11. The third kappa shape index (κ3) is 2.17. The SMILES string of the molecule is O=C1C(=O)N(C(=O)Nc2ccccc2Cl)c2ccccc21. The zero-order chi connectivity index (χ0) is 15.0. The van der Waals surface area contributed by atoms with Gasteiger partial charge in [-0.1, -0.05) is 35.9 Å². The summed E-state index contributed by atoms with van der Waals surface area (Å²) in [5, 5.41) is 2.87. The molecule has 1 heterocycles. The topological polar surface area (TPSA) is 66.5 Å². The maximum atomic E-state index is 12.3. The molecular formula is C15H9ClN2O3. The number of fused-ring (bicyclic) bond motifs is 1. The summed E-state index contributed by atoms with van der Waals surface area (Å²) < 4.78 is 0. The number of Topliss-reactive ketones (excluding diaryl/α,β-unsaturated/α-hetero) is 1. The highest BCUT2D eigenvalue weighted by Gasteiger charge is 2.39. The van der Waals surface area contributed by atoms with E-state index in [-0.39, 0.29) is 11.3 Å². The van der Waals surface area contributed by atoms with Crippen LogP contribution in [0.2, 0.25) is 5.02 Å². The first-order valence-electron chi connectivity index (χ1n) is 6.13. The van der Waals surface area contributed by atoms with Crippen molar-refractivity contribution in [3.63, 3.8) is 0 Å². The maximum absolute atomic E-state index is 12.3. The van der Waals surface area contributed by atoms with E-state index in [9.17, 15) is 14.4 Å². The van der Waals surface area contributed by atoms with Crippen molar-refractivity contribution in [2.24, 2.45) is 0 Å². The van der Waals surface area contributed by atoms with Crippen LogP contribution in [0.4, 0.5) is 16.2 Å². The van der Waals surface area contributed by atoms with Gasteiger partial charge in [-0.2, -0.15) is 0 Å². The van der Waals surface area contributed by atoms with Crippen molar-refractivity contribution in [2.75, 3.05) is 10.2 Å². The summed E-state index contributed by atoms with van der Waals surface area (Å²) in [5.74, 6) is -1.57. The van der Waals surface area contributed by atoms with Crippen LogP contribution in [0.5, 0.6) is 0 Å². The van der Waals surface area contributed by atoms with Gasteiger partial charge in [-0.15, -0.1) is 0 Å². The van der Waals surface area contributed by atoms with Gasteiger partial charge in [0.15, 0.2) is 0 Å². The number of halogens is 1. The van der Waals surface area contributed by atoms with Crippen LogP contribution in [-0.2, 0) is 4.79 Å². The first-order valence-corrected chi connectivity index (χ1v) is 6.50. The highest BCUT2D eigenvalue weighted by atomic mass is 35.5. The second kappa shape index (κ2) is 5.03. The highest BCUT2D eigenvalue weighted by Crippen LogP contribution is 2.30. The number of ketones is 1. The summed E-state index contributed by atoms with van der Waals surface area (Å²) >= 11 is 5.96. The molecule has 0 bridgehead atoms. The van der Waals surface area contributed by atoms with Gasteiger partial charge in [0.2, 0.25) is 0 Å². The van der Waals surface area contributed by atoms with Crippen molar-refractivity contribution in [2.45, 2.75) is 0 Å². The minimum absolute atomic E-state index is 0.219. The van der Waals surface area contributed by atoms with Crippen LogP contribution in [0.25, 0.3) is 0 Å². The number of urea groups is 1. The fraction of sp³-hybridized carbons (Fsp3) is 0. The monoisotopic (exact) mass is 300 g/mol. The molecule has 104 valence electrons. The van der Waals surface area contributed by atoms with E-state index in [0.29, 0.717) is 10.7 Å². The number of hydrogen-bond acceptors (Lipinski definition) is 3. The van der Waals surface area contributed by atoms with E-state index in [4.69, 9.17) is 11.6 Å². The Bertz CT molecular complexity index is 773. The van der Waals surface area contributed by atoms with E-state index in [2.05, 4.69) is 5.32 Å². The molecule has 3 rings (SSSR count). The fourth-order valence-electron chi connectivity index (χ4n) is 2.12. The lowest BCUT2D eigenvalue weighted by Crippen LogP contribution is -2.39. The quantitative estimate of drug-likeness (QED) is 0.823. The normalized spacial score (nSPS) is 13.3. The molecule has 21 heavy (non-hydrogen) atoms. The van der Waals surface area contributed by atoms with Gasteiger partial charge >= 0.3 is 11.9 Å². The van der Waals surface area contributed by atoms with Crippen molar-refractivity contribution in [3.8, 4) is 0 Å². The van der Waals surface area contributed by atoms with Crippen LogP contribution < -0.4 is 10.2 Å². The van der Waals surface area contributed by atoms with Crippen molar-refractivity contribution < 1.29 is 14.4 Å². The van der Waals surface area contributed by atoms with Crippen LogP contribution in [0, 0.1) is 0 Å². The molecular weight excluding hydrogens is 292 g/mol. The molecule has 1 aliphatic heterocycles. The van der Waals surface area contributed by atoms with E-state index in [1.54, 1.807) is 42.5 Å². The molecule has 5 nitrogen and oxygen atoms in total. The molecule has 0 fully saturated rings. The molecule has 1 aliphatic rings. The summed E-state index contributed by atoms with van der Waals surface area (Å²) in [6.07, 6.45) is 0. The lowest BCUT2D eigenvalue weighted by atomic mass is 10.1. The van der Waals surface area contributed by atoms with Gasteiger partial charge < -0.3 is 5.32 Å². The summed E-state index contributed by atoms with van der Waals surface area (Å²) in [7, 11) is 0. The first-order chi connectivity index (χ1) is 10.1. The number of carbonyl (C=O) groups is 3. The Morgan fingerprint density at radius 1 is 1.00 bits per heavy atom. The molecule has 6 heteroatoms. The van der Waals surface area contributed by atoms with Crippen molar-refractivity contribution in [3.05, 3.63) is 59.1 Å². The number of amides is 3. The summed E-state index contributed by atoms with van der Waals surface area (Å²) in [6, 6.07) is 12.3. The fourth-order valence-corrected chi connectivity index (χ4v) is 2.31. The van der Waals surface area contributed by atoms with Gasteiger partial charge in [0.1, 0.15) is 0 Å². The van der Waals surface area contributed by atoms with Crippen LogP contribution >= 0.6 is 11.6 Å². The van der Waals surface area contributed by atoms with Crippen molar-refractivity contribution >= 4 is 40.7 Å². The molecule has 0 atom stereocenters. The third-order valence-corrected chi connectivity index (χ3v) is 3.44. The van der Waals surface area contributed by atoms with Crippen LogP contribution in [0.15, 0.2) is 48.5 Å². The maximum Gasteiger partial charge on any atom is 0.333 e. The van der Waals surface area contributed by atoms with E-state index >= 15 is 0 Å². The molecule has 0 spiro atoms. The van der Waals surface area contributed by atoms with Gasteiger partial charge in [0.25, 0.3) is 5.78 Å². The zero-order valence-corrected chi connectivity index (χ0v) is 11.4. The Morgan fingerprint density at radius 3 is 2.43 bits per heavy atom. The molecule has 0 radical (unpaired) electrons. The number of anilines is 2. The van der Waals surface area contributed by atoms with Crippen LogP contribution in [-0.4, -0.2) is 17.7 Å². The minimum atomic E-state index is -0.874. The van der Waals surface area contributed by atoms with E-state index in [1.165, 1.54) is 6.07 Å². The van der Waals surface area contributed by atoms with Gasteiger partial charge in [-0.25, -0.2) is 9.69 Å². The second-order valence-corrected chi connectivity index (χ2v) is 4.80. The molecule has 1 N–H and O–H groups in total. The Balaban J connectivity index is 1.94. The first kappa shape index (κ1) is 13.3.